The number of rotatable bonds is 9. The van der Waals surface area contributed by atoms with Crippen LogP contribution in [0.5, 0.6) is 5.75 Å². The highest BCUT2D eigenvalue weighted by Gasteiger charge is 2.20. The van der Waals surface area contributed by atoms with Crippen LogP contribution < -0.4 is 10.1 Å². The number of anilines is 1. The molecule has 2 aromatic carbocycles. The second-order valence-corrected chi connectivity index (χ2v) is 8.50. The Kier molecular flexibility index (Phi) is 8.26. The zero-order chi connectivity index (χ0) is 22.4. The number of allylic oxidation sites excluding steroid dienone is 1. The summed E-state index contributed by atoms with van der Waals surface area (Å²) in [5.74, 6) is 1.01. The van der Waals surface area contributed by atoms with E-state index in [4.69, 9.17) is 39.5 Å². The fraction of sp³-hybridized carbons (Fsp3) is 0.190. The molecule has 1 unspecified atom stereocenters. The molecule has 162 valence electrons. The summed E-state index contributed by atoms with van der Waals surface area (Å²) in [6.45, 7) is 6.11. The molecule has 0 aliphatic heterocycles. The first-order chi connectivity index (χ1) is 14.9. The number of aromatic nitrogens is 3. The number of carbonyl (C=O) groups is 1. The van der Waals surface area contributed by atoms with E-state index in [9.17, 15) is 4.79 Å². The van der Waals surface area contributed by atoms with E-state index in [1.165, 1.54) is 11.8 Å². The molecule has 1 amide bonds. The summed E-state index contributed by atoms with van der Waals surface area (Å²) in [5.41, 5.74) is 0.453. The number of nitrogens with zero attached hydrogens (tertiary/aromatic N) is 3. The first-order valence-corrected chi connectivity index (χ1v) is 11.3. The van der Waals surface area contributed by atoms with Gasteiger partial charge in [0.25, 0.3) is 0 Å². The lowest BCUT2D eigenvalue weighted by Crippen LogP contribution is -2.16. The van der Waals surface area contributed by atoms with E-state index < -0.39 is 6.10 Å². The lowest BCUT2D eigenvalue weighted by molar-refractivity contribution is -0.113. The van der Waals surface area contributed by atoms with Gasteiger partial charge in [-0.15, -0.1) is 16.8 Å². The smallest absolute Gasteiger partial charge is 0.234 e. The van der Waals surface area contributed by atoms with Crippen molar-refractivity contribution in [2.24, 2.45) is 0 Å². The number of nitrogens with one attached hydrogen (secondary N) is 1. The summed E-state index contributed by atoms with van der Waals surface area (Å²) in [4.78, 5) is 12.4. The number of para-hydroxylation sites is 1. The van der Waals surface area contributed by atoms with Gasteiger partial charge in [0, 0.05) is 6.54 Å². The first kappa shape index (κ1) is 23.5. The number of amides is 1. The van der Waals surface area contributed by atoms with Gasteiger partial charge in [0.15, 0.2) is 17.1 Å². The SMILES string of the molecule is C=CCn1c(SCC(=O)Nc2cccc(Cl)c2Cl)nnc1C(C)Oc1ccccc1Cl. The van der Waals surface area contributed by atoms with Crippen molar-refractivity contribution in [3.05, 3.63) is 76.0 Å². The van der Waals surface area contributed by atoms with Gasteiger partial charge in [-0.1, -0.05) is 70.8 Å². The van der Waals surface area contributed by atoms with Gasteiger partial charge in [-0.05, 0) is 31.2 Å². The Morgan fingerprint density at radius 3 is 2.68 bits per heavy atom. The molecule has 0 radical (unpaired) electrons. The van der Waals surface area contributed by atoms with E-state index in [0.29, 0.717) is 44.0 Å². The Hall–Kier alpha value is -2.19. The predicted octanol–water partition coefficient (Wildman–Crippen LogP) is 6.30. The molecule has 0 fully saturated rings. The molecular weight excluding hydrogens is 479 g/mol. The highest BCUT2D eigenvalue weighted by Crippen LogP contribution is 2.31. The Morgan fingerprint density at radius 1 is 1.19 bits per heavy atom. The zero-order valence-electron chi connectivity index (χ0n) is 16.5. The Bertz CT molecular complexity index is 1090. The topological polar surface area (TPSA) is 69.0 Å². The van der Waals surface area contributed by atoms with E-state index in [1.54, 1.807) is 36.4 Å². The highest BCUT2D eigenvalue weighted by molar-refractivity contribution is 7.99. The predicted molar refractivity (Wildman–Crippen MR) is 127 cm³/mol. The Balaban J connectivity index is 1.69. The monoisotopic (exact) mass is 496 g/mol. The van der Waals surface area contributed by atoms with Crippen LogP contribution in [0.1, 0.15) is 18.9 Å². The van der Waals surface area contributed by atoms with Crippen LogP contribution in [0.2, 0.25) is 15.1 Å². The summed E-state index contributed by atoms with van der Waals surface area (Å²) >= 11 is 19.5. The number of thioether (sulfide) groups is 1. The van der Waals surface area contributed by atoms with Crippen LogP contribution in [-0.2, 0) is 11.3 Å². The fourth-order valence-electron chi connectivity index (χ4n) is 2.71. The average Bonchev–Trinajstić information content (AvgIpc) is 3.14. The zero-order valence-corrected chi connectivity index (χ0v) is 19.6. The summed E-state index contributed by atoms with van der Waals surface area (Å²) in [5, 5.41) is 13.0. The number of hydrogen-bond donors (Lipinski definition) is 1. The maximum absolute atomic E-state index is 12.4. The first-order valence-electron chi connectivity index (χ1n) is 9.22. The quantitative estimate of drug-likeness (QED) is 0.278. The Labute approximate surface area is 199 Å². The molecule has 1 atom stereocenters. The fourth-order valence-corrected chi connectivity index (χ4v) is 3.99. The van der Waals surface area contributed by atoms with Gasteiger partial charge < -0.3 is 10.1 Å². The molecule has 0 spiro atoms. The number of hydrogen-bond acceptors (Lipinski definition) is 5. The van der Waals surface area contributed by atoms with Crippen molar-refractivity contribution in [1.82, 2.24) is 14.8 Å². The Morgan fingerprint density at radius 2 is 1.94 bits per heavy atom. The molecule has 31 heavy (non-hydrogen) atoms. The molecule has 6 nitrogen and oxygen atoms in total. The van der Waals surface area contributed by atoms with Crippen molar-refractivity contribution < 1.29 is 9.53 Å². The third-order valence-corrected chi connectivity index (χ3v) is 6.22. The second kappa shape index (κ2) is 10.9. The van der Waals surface area contributed by atoms with Gasteiger partial charge in [-0.2, -0.15) is 0 Å². The molecule has 0 saturated carbocycles. The summed E-state index contributed by atoms with van der Waals surface area (Å²) in [6.07, 6.45) is 1.31. The number of benzene rings is 2. The third-order valence-electron chi connectivity index (χ3n) is 4.12. The standard InChI is InChI=1S/C21H19Cl3N4O2S/c1-3-11-28-20(13(2)30-17-10-5-4-7-14(17)22)26-27-21(28)31-12-18(29)25-16-9-6-8-15(23)19(16)24/h3-10,13H,1,11-12H2,2H3,(H,25,29). The largest absolute Gasteiger partial charge is 0.481 e. The van der Waals surface area contributed by atoms with Crippen LogP contribution in [-0.4, -0.2) is 26.4 Å². The van der Waals surface area contributed by atoms with Gasteiger partial charge in [0.2, 0.25) is 5.91 Å². The molecule has 3 aromatic rings. The van der Waals surface area contributed by atoms with Crippen molar-refractivity contribution in [1.29, 1.82) is 0 Å². The lowest BCUT2D eigenvalue weighted by Gasteiger charge is -2.16. The number of ether oxygens (including phenoxy) is 1. The molecule has 0 saturated heterocycles. The second-order valence-electron chi connectivity index (χ2n) is 6.37. The van der Waals surface area contributed by atoms with E-state index in [2.05, 4.69) is 22.1 Å². The molecule has 1 aromatic heterocycles. The van der Waals surface area contributed by atoms with Crippen molar-refractivity contribution in [3.8, 4) is 5.75 Å². The van der Waals surface area contributed by atoms with Crippen LogP contribution in [0.15, 0.2) is 60.3 Å². The van der Waals surface area contributed by atoms with Gasteiger partial charge in [-0.25, -0.2) is 0 Å². The van der Waals surface area contributed by atoms with Crippen molar-refractivity contribution in [2.45, 2.75) is 24.7 Å². The van der Waals surface area contributed by atoms with Gasteiger partial charge >= 0.3 is 0 Å². The van der Waals surface area contributed by atoms with Gasteiger partial charge in [0.1, 0.15) is 5.75 Å². The minimum absolute atomic E-state index is 0.109. The third kappa shape index (κ3) is 5.95. The van der Waals surface area contributed by atoms with Gasteiger partial charge in [0.05, 0.1) is 26.5 Å². The lowest BCUT2D eigenvalue weighted by atomic mass is 10.3. The van der Waals surface area contributed by atoms with Gasteiger partial charge in [-0.3, -0.25) is 9.36 Å². The average molecular weight is 498 g/mol. The number of halogens is 3. The highest BCUT2D eigenvalue weighted by atomic mass is 35.5. The van der Waals surface area contributed by atoms with Crippen molar-refractivity contribution in [2.75, 3.05) is 11.1 Å². The van der Waals surface area contributed by atoms with Crippen LogP contribution in [0.4, 0.5) is 5.69 Å². The summed E-state index contributed by atoms with van der Waals surface area (Å²) < 4.78 is 7.80. The summed E-state index contributed by atoms with van der Waals surface area (Å²) in [7, 11) is 0. The maximum Gasteiger partial charge on any atom is 0.234 e. The van der Waals surface area contributed by atoms with E-state index in [0.717, 1.165) is 0 Å². The molecule has 1 heterocycles. The van der Waals surface area contributed by atoms with Crippen LogP contribution >= 0.6 is 46.6 Å². The minimum Gasteiger partial charge on any atom is -0.481 e. The molecule has 3 rings (SSSR count). The van der Waals surface area contributed by atoms with Crippen LogP contribution in [0.3, 0.4) is 0 Å². The molecule has 0 bridgehead atoms. The molecular formula is C21H19Cl3N4O2S. The molecule has 1 N–H and O–H groups in total. The molecule has 10 heteroatoms. The normalized spacial score (nSPS) is 11.7. The van der Waals surface area contributed by atoms with Crippen LogP contribution in [0, 0.1) is 0 Å². The minimum atomic E-state index is -0.416. The molecule has 0 aliphatic carbocycles. The van der Waals surface area contributed by atoms with Crippen molar-refractivity contribution >= 4 is 58.2 Å². The summed E-state index contributed by atoms with van der Waals surface area (Å²) in [6, 6.07) is 12.3. The molecule has 0 aliphatic rings. The number of carbonyl (C=O) groups excluding carboxylic acids is 1. The van der Waals surface area contributed by atoms with E-state index >= 15 is 0 Å². The maximum atomic E-state index is 12.4. The van der Waals surface area contributed by atoms with E-state index in [-0.39, 0.29) is 11.7 Å². The van der Waals surface area contributed by atoms with Crippen molar-refractivity contribution in [3.63, 3.8) is 0 Å². The van der Waals surface area contributed by atoms with E-state index in [1.807, 2.05) is 23.6 Å². The van der Waals surface area contributed by atoms with Crippen LogP contribution in [0.25, 0.3) is 0 Å².